The number of likely N-dealkylation sites (tertiary alicyclic amines) is 1. The van der Waals surface area contributed by atoms with Crippen molar-refractivity contribution >= 4 is 5.91 Å². The minimum Gasteiger partial charge on any atom is -0.336 e. The van der Waals surface area contributed by atoms with E-state index in [1.807, 2.05) is 6.92 Å². The van der Waals surface area contributed by atoms with Gasteiger partial charge in [-0.05, 0) is 72.6 Å². The second-order valence-electron chi connectivity index (χ2n) is 6.43. The molecular weight excluding hydrogens is 262 g/mol. The molecule has 0 radical (unpaired) electrons. The summed E-state index contributed by atoms with van der Waals surface area (Å²) in [5.74, 6) is 0.275. The molecule has 0 bridgehead atoms. The summed E-state index contributed by atoms with van der Waals surface area (Å²) in [7, 11) is 0. The van der Waals surface area contributed by atoms with E-state index in [4.69, 9.17) is 0 Å². The molecule has 0 spiro atoms. The molecule has 0 aliphatic carbocycles. The van der Waals surface area contributed by atoms with Gasteiger partial charge < -0.3 is 15.1 Å². The summed E-state index contributed by atoms with van der Waals surface area (Å²) < 4.78 is 0. The Morgan fingerprint density at radius 3 is 2.33 bits per heavy atom. The van der Waals surface area contributed by atoms with Gasteiger partial charge in [0.2, 0.25) is 5.91 Å². The summed E-state index contributed by atoms with van der Waals surface area (Å²) in [4.78, 5) is 17.1. The van der Waals surface area contributed by atoms with Gasteiger partial charge in [0.15, 0.2) is 0 Å². The quantitative estimate of drug-likeness (QED) is 0.699. The third-order valence-corrected chi connectivity index (χ3v) is 4.81. The van der Waals surface area contributed by atoms with Crippen LogP contribution in [0.15, 0.2) is 0 Å². The van der Waals surface area contributed by atoms with E-state index in [2.05, 4.69) is 42.8 Å². The van der Waals surface area contributed by atoms with Crippen LogP contribution >= 0.6 is 0 Å². The molecule has 0 saturated carbocycles. The van der Waals surface area contributed by atoms with Crippen molar-refractivity contribution in [1.82, 2.24) is 15.1 Å². The Morgan fingerprint density at radius 1 is 1.24 bits per heavy atom. The molecule has 1 rings (SSSR count). The van der Waals surface area contributed by atoms with Crippen LogP contribution in [0.25, 0.3) is 0 Å². The van der Waals surface area contributed by atoms with Crippen LogP contribution in [0.4, 0.5) is 0 Å². The molecule has 0 aromatic heterocycles. The van der Waals surface area contributed by atoms with Crippen molar-refractivity contribution < 1.29 is 4.79 Å². The van der Waals surface area contributed by atoms with E-state index in [9.17, 15) is 4.79 Å². The number of carbonyl (C=O) groups is 1. The second-order valence-corrected chi connectivity index (χ2v) is 6.43. The Balaban J connectivity index is 2.33. The van der Waals surface area contributed by atoms with Gasteiger partial charge in [0.1, 0.15) is 0 Å². The summed E-state index contributed by atoms with van der Waals surface area (Å²) >= 11 is 0. The molecular formula is C17H35N3O. The SMILES string of the molecule is CCN(CC)CCCN[C@H](C)C(=O)N1[C@@H](C)CCC[C@@H]1C. The van der Waals surface area contributed by atoms with E-state index in [1.54, 1.807) is 0 Å². The van der Waals surface area contributed by atoms with Crippen LogP contribution in [0.2, 0.25) is 0 Å². The van der Waals surface area contributed by atoms with E-state index < -0.39 is 0 Å². The van der Waals surface area contributed by atoms with Crippen LogP contribution in [-0.4, -0.2) is 60.0 Å². The number of nitrogens with zero attached hydrogens (tertiary/aromatic N) is 2. The number of carbonyl (C=O) groups excluding carboxylic acids is 1. The third kappa shape index (κ3) is 5.59. The van der Waals surface area contributed by atoms with Gasteiger partial charge >= 0.3 is 0 Å². The highest BCUT2D eigenvalue weighted by molar-refractivity contribution is 5.82. The van der Waals surface area contributed by atoms with E-state index in [-0.39, 0.29) is 11.9 Å². The Bertz CT molecular complexity index is 294. The lowest BCUT2D eigenvalue weighted by molar-refractivity contribution is -0.139. The van der Waals surface area contributed by atoms with Crippen LogP contribution < -0.4 is 5.32 Å². The van der Waals surface area contributed by atoms with Crippen molar-refractivity contribution in [2.24, 2.45) is 0 Å². The standard InChI is InChI=1S/C17H35N3O/c1-6-19(7-2)13-9-12-18-16(5)17(21)20-14(3)10-8-11-15(20)4/h14-16,18H,6-13H2,1-5H3/t14-,15-,16+/m0/s1. The zero-order chi connectivity index (χ0) is 15.8. The van der Waals surface area contributed by atoms with Crippen LogP contribution in [0, 0.1) is 0 Å². The van der Waals surface area contributed by atoms with Gasteiger partial charge in [-0.25, -0.2) is 0 Å². The molecule has 0 aromatic rings. The largest absolute Gasteiger partial charge is 0.336 e. The molecule has 1 fully saturated rings. The molecule has 1 amide bonds. The first-order chi connectivity index (χ1) is 10.0. The highest BCUT2D eigenvalue weighted by Gasteiger charge is 2.31. The van der Waals surface area contributed by atoms with Gasteiger partial charge in [0, 0.05) is 12.1 Å². The van der Waals surface area contributed by atoms with Crippen LogP contribution in [0.5, 0.6) is 0 Å². The maximum atomic E-state index is 12.6. The lowest BCUT2D eigenvalue weighted by Crippen LogP contribution is -2.54. The lowest BCUT2D eigenvalue weighted by atomic mass is 9.96. The highest BCUT2D eigenvalue weighted by atomic mass is 16.2. The van der Waals surface area contributed by atoms with Crippen LogP contribution in [0.1, 0.15) is 60.3 Å². The fourth-order valence-electron chi connectivity index (χ4n) is 3.33. The Kier molecular flexibility index (Phi) is 8.27. The summed E-state index contributed by atoms with van der Waals surface area (Å²) in [6.07, 6.45) is 4.64. The average molecular weight is 297 g/mol. The van der Waals surface area contributed by atoms with Crippen LogP contribution in [0.3, 0.4) is 0 Å². The zero-order valence-corrected chi connectivity index (χ0v) is 14.7. The van der Waals surface area contributed by atoms with E-state index in [0.29, 0.717) is 12.1 Å². The Hall–Kier alpha value is -0.610. The van der Waals surface area contributed by atoms with Crippen molar-refractivity contribution in [3.8, 4) is 0 Å². The topological polar surface area (TPSA) is 35.6 Å². The van der Waals surface area contributed by atoms with Crippen molar-refractivity contribution in [2.45, 2.75) is 78.4 Å². The molecule has 124 valence electrons. The summed E-state index contributed by atoms with van der Waals surface area (Å²) in [6.45, 7) is 15.0. The van der Waals surface area contributed by atoms with Gasteiger partial charge in [-0.2, -0.15) is 0 Å². The molecule has 0 unspecified atom stereocenters. The lowest BCUT2D eigenvalue weighted by Gasteiger charge is -2.40. The molecule has 3 atom stereocenters. The predicted molar refractivity (Wildman–Crippen MR) is 89.5 cm³/mol. The number of hydrogen-bond donors (Lipinski definition) is 1. The fourth-order valence-corrected chi connectivity index (χ4v) is 3.33. The monoisotopic (exact) mass is 297 g/mol. The molecule has 1 aliphatic heterocycles. The molecule has 1 saturated heterocycles. The maximum absolute atomic E-state index is 12.6. The molecule has 0 aromatic carbocycles. The summed E-state index contributed by atoms with van der Waals surface area (Å²) in [6, 6.07) is 0.715. The number of piperidine rings is 1. The molecule has 1 aliphatic rings. The molecule has 4 nitrogen and oxygen atoms in total. The first-order valence-electron chi connectivity index (χ1n) is 8.79. The minimum absolute atomic E-state index is 0.0651. The Morgan fingerprint density at radius 2 is 1.81 bits per heavy atom. The minimum atomic E-state index is -0.0651. The summed E-state index contributed by atoms with van der Waals surface area (Å²) in [5, 5.41) is 3.41. The van der Waals surface area contributed by atoms with Gasteiger partial charge in [0.05, 0.1) is 6.04 Å². The van der Waals surface area contributed by atoms with Crippen LogP contribution in [-0.2, 0) is 4.79 Å². The highest BCUT2D eigenvalue weighted by Crippen LogP contribution is 2.23. The van der Waals surface area contributed by atoms with Crippen molar-refractivity contribution in [3.63, 3.8) is 0 Å². The molecule has 4 heteroatoms. The molecule has 21 heavy (non-hydrogen) atoms. The van der Waals surface area contributed by atoms with Crippen molar-refractivity contribution in [2.75, 3.05) is 26.2 Å². The van der Waals surface area contributed by atoms with Crippen molar-refractivity contribution in [3.05, 3.63) is 0 Å². The molecule has 1 N–H and O–H groups in total. The number of hydrogen-bond acceptors (Lipinski definition) is 3. The van der Waals surface area contributed by atoms with E-state index in [0.717, 1.165) is 45.4 Å². The van der Waals surface area contributed by atoms with E-state index >= 15 is 0 Å². The summed E-state index contributed by atoms with van der Waals surface area (Å²) in [5.41, 5.74) is 0. The Labute approximate surface area is 131 Å². The first kappa shape index (κ1) is 18.4. The van der Waals surface area contributed by atoms with Crippen molar-refractivity contribution in [1.29, 1.82) is 0 Å². The van der Waals surface area contributed by atoms with Gasteiger partial charge in [-0.3, -0.25) is 4.79 Å². The molecule has 1 heterocycles. The third-order valence-electron chi connectivity index (χ3n) is 4.81. The van der Waals surface area contributed by atoms with E-state index in [1.165, 1.54) is 6.42 Å². The van der Waals surface area contributed by atoms with Gasteiger partial charge in [-0.1, -0.05) is 13.8 Å². The average Bonchev–Trinajstić information content (AvgIpc) is 2.46. The van der Waals surface area contributed by atoms with Gasteiger partial charge in [0.25, 0.3) is 0 Å². The zero-order valence-electron chi connectivity index (χ0n) is 14.7. The maximum Gasteiger partial charge on any atom is 0.239 e. The predicted octanol–water partition coefficient (Wildman–Crippen LogP) is 2.49. The number of amides is 1. The van der Waals surface area contributed by atoms with Gasteiger partial charge in [-0.15, -0.1) is 0 Å². The number of rotatable bonds is 8. The normalized spacial score (nSPS) is 24.4. The smallest absolute Gasteiger partial charge is 0.239 e. The fraction of sp³-hybridized carbons (Fsp3) is 0.941. The first-order valence-corrected chi connectivity index (χ1v) is 8.79. The second kappa shape index (κ2) is 9.42. The number of nitrogens with one attached hydrogen (secondary N) is 1.